The first kappa shape index (κ1) is 20.3. The van der Waals surface area contributed by atoms with Crippen molar-refractivity contribution in [2.75, 3.05) is 20.6 Å². The predicted molar refractivity (Wildman–Crippen MR) is 108 cm³/mol. The molecule has 0 spiro atoms. The molecule has 5 nitrogen and oxygen atoms in total. The molecule has 3 unspecified atom stereocenters. The molecule has 2 rings (SSSR count). The Morgan fingerprint density at radius 2 is 2.00 bits per heavy atom. The topological polar surface area (TPSA) is 56.7 Å². The van der Waals surface area contributed by atoms with Crippen LogP contribution < -0.4 is 10.6 Å². The zero-order valence-corrected chi connectivity index (χ0v) is 16.7. The Balaban J connectivity index is 2.05. The molecule has 144 valence electrons. The standard InChI is InChI=1S/C21H34N4O/c1-5-17-10-9-13-19(14-17)24-21(22-15-20(26)25(3)4)23-16(2)18-11-7-6-8-12-18/h6-8,11-12,16-17,19H,5,9-10,13-15H2,1-4H3,(H2,22,23,24). The van der Waals surface area contributed by atoms with Crippen molar-refractivity contribution < 1.29 is 4.79 Å². The Kier molecular flexibility index (Phi) is 7.95. The summed E-state index contributed by atoms with van der Waals surface area (Å²) in [6.45, 7) is 4.55. The molecule has 0 aliphatic heterocycles. The Bertz CT molecular complexity index is 585. The molecule has 1 saturated carbocycles. The molecule has 2 N–H and O–H groups in total. The SMILES string of the molecule is CCC1CCCC(NC(=NCC(=O)N(C)C)NC(C)c2ccccc2)C1. The summed E-state index contributed by atoms with van der Waals surface area (Å²) in [4.78, 5) is 18.1. The summed E-state index contributed by atoms with van der Waals surface area (Å²) in [6.07, 6.45) is 6.16. The summed E-state index contributed by atoms with van der Waals surface area (Å²) < 4.78 is 0. The number of aliphatic imine (C=N–C) groups is 1. The summed E-state index contributed by atoms with van der Waals surface area (Å²) in [5, 5.41) is 7.06. The fourth-order valence-corrected chi connectivity index (χ4v) is 3.44. The van der Waals surface area contributed by atoms with Gasteiger partial charge in [-0.05, 0) is 31.2 Å². The van der Waals surface area contributed by atoms with Gasteiger partial charge in [-0.2, -0.15) is 0 Å². The van der Waals surface area contributed by atoms with Gasteiger partial charge in [0.15, 0.2) is 5.96 Å². The van der Waals surface area contributed by atoms with Gasteiger partial charge >= 0.3 is 0 Å². The number of hydrogen-bond acceptors (Lipinski definition) is 2. The van der Waals surface area contributed by atoms with Gasteiger partial charge in [0.2, 0.25) is 5.91 Å². The summed E-state index contributed by atoms with van der Waals surface area (Å²) in [5.74, 6) is 1.53. The van der Waals surface area contributed by atoms with E-state index in [2.05, 4.69) is 41.6 Å². The van der Waals surface area contributed by atoms with Crippen molar-refractivity contribution in [2.45, 2.75) is 58.0 Å². The third-order valence-electron chi connectivity index (χ3n) is 5.23. The normalized spacial score (nSPS) is 21.8. The third kappa shape index (κ3) is 6.36. The van der Waals surface area contributed by atoms with Gasteiger partial charge in [-0.3, -0.25) is 4.79 Å². The van der Waals surface area contributed by atoms with E-state index in [4.69, 9.17) is 0 Å². The number of carbonyl (C=O) groups is 1. The van der Waals surface area contributed by atoms with Crippen LogP contribution in [0.15, 0.2) is 35.3 Å². The van der Waals surface area contributed by atoms with Gasteiger partial charge in [-0.1, -0.05) is 56.5 Å². The highest BCUT2D eigenvalue weighted by molar-refractivity contribution is 5.85. The number of rotatable bonds is 6. The molecule has 26 heavy (non-hydrogen) atoms. The number of carbonyl (C=O) groups excluding carboxylic acids is 1. The van der Waals surface area contributed by atoms with Crippen molar-refractivity contribution in [1.29, 1.82) is 0 Å². The molecule has 1 fully saturated rings. The molecule has 0 heterocycles. The monoisotopic (exact) mass is 358 g/mol. The lowest BCUT2D eigenvalue weighted by molar-refractivity contribution is -0.127. The largest absolute Gasteiger partial charge is 0.354 e. The van der Waals surface area contributed by atoms with E-state index < -0.39 is 0 Å². The Hall–Kier alpha value is -2.04. The zero-order chi connectivity index (χ0) is 18.9. The van der Waals surface area contributed by atoms with Crippen molar-refractivity contribution in [3.05, 3.63) is 35.9 Å². The van der Waals surface area contributed by atoms with E-state index in [9.17, 15) is 4.79 Å². The zero-order valence-electron chi connectivity index (χ0n) is 16.7. The van der Waals surface area contributed by atoms with Crippen LogP contribution in [0.5, 0.6) is 0 Å². The number of likely N-dealkylation sites (N-methyl/N-ethyl adjacent to an activating group) is 1. The molecule has 1 aliphatic carbocycles. The predicted octanol–water partition coefficient (Wildman–Crippen LogP) is 3.34. The van der Waals surface area contributed by atoms with Crippen molar-refractivity contribution in [2.24, 2.45) is 10.9 Å². The van der Waals surface area contributed by atoms with Crippen LogP contribution in [0.4, 0.5) is 0 Å². The second kappa shape index (κ2) is 10.2. The number of nitrogens with zero attached hydrogens (tertiary/aromatic N) is 2. The molecule has 0 saturated heterocycles. The molecule has 1 aliphatic rings. The van der Waals surface area contributed by atoms with Crippen LogP contribution in [-0.2, 0) is 4.79 Å². The average Bonchev–Trinajstić information content (AvgIpc) is 2.66. The molecular formula is C21H34N4O. The lowest BCUT2D eigenvalue weighted by atomic mass is 9.84. The minimum absolute atomic E-state index is 0.00791. The van der Waals surface area contributed by atoms with E-state index in [1.807, 2.05) is 18.2 Å². The molecule has 0 radical (unpaired) electrons. The van der Waals surface area contributed by atoms with Crippen LogP contribution in [0.3, 0.4) is 0 Å². The molecular weight excluding hydrogens is 324 g/mol. The number of guanidine groups is 1. The van der Waals surface area contributed by atoms with E-state index >= 15 is 0 Å². The molecule has 5 heteroatoms. The number of amides is 1. The van der Waals surface area contributed by atoms with Gasteiger partial charge in [0.1, 0.15) is 6.54 Å². The molecule has 0 aromatic heterocycles. The van der Waals surface area contributed by atoms with Crippen LogP contribution in [0.2, 0.25) is 0 Å². The van der Waals surface area contributed by atoms with Crippen molar-refractivity contribution in [3.63, 3.8) is 0 Å². The highest BCUT2D eigenvalue weighted by Gasteiger charge is 2.22. The maximum Gasteiger partial charge on any atom is 0.243 e. The van der Waals surface area contributed by atoms with Crippen LogP contribution in [0, 0.1) is 5.92 Å². The maximum atomic E-state index is 12.0. The number of nitrogens with one attached hydrogen (secondary N) is 2. The second-order valence-corrected chi connectivity index (χ2v) is 7.51. The minimum Gasteiger partial charge on any atom is -0.354 e. The molecule has 3 atom stereocenters. The summed E-state index contributed by atoms with van der Waals surface area (Å²) >= 11 is 0. The highest BCUT2D eigenvalue weighted by Crippen LogP contribution is 2.26. The van der Waals surface area contributed by atoms with Gasteiger partial charge in [-0.25, -0.2) is 4.99 Å². The third-order valence-corrected chi connectivity index (χ3v) is 5.23. The van der Waals surface area contributed by atoms with Gasteiger partial charge < -0.3 is 15.5 Å². The molecule has 1 aromatic rings. The van der Waals surface area contributed by atoms with E-state index in [1.54, 1.807) is 19.0 Å². The van der Waals surface area contributed by atoms with E-state index in [-0.39, 0.29) is 18.5 Å². The lowest BCUT2D eigenvalue weighted by Crippen LogP contribution is -2.46. The molecule has 1 aromatic carbocycles. The van der Waals surface area contributed by atoms with Gasteiger partial charge in [0.25, 0.3) is 0 Å². The fraction of sp³-hybridized carbons (Fsp3) is 0.619. The van der Waals surface area contributed by atoms with Gasteiger partial charge in [0.05, 0.1) is 6.04 Å². The van der Waals surface area contributed by atoms with Gasteiger partial charge in [0, 0.05) is 20.1 Å². The molecule has 0 bridgehead atoms. The first-order valence-corrected chi connectivity index (χ1v) is 9.82. The Labute approximate surface area is 158 Å². The maximum absolute atomic E-state index is 12.0. The van der Waals surface area contributed by atoms with Crippen LogP contribution in [-0.4, -0.2) is 43.4 Å². The Morgan fingerprint density at radius 1 is 1.27 bits per heavy atom. The van der Waals surface area contributed by atoms with Crippen LogP contribution in [0.1, 0.15) is 57.6 Å². The smallest absolute Gasteiger partial charge is 0.243 e. The van der Waals surface area contributed by atoms with E-state index in [1.165, 1.54) is 37.7 Å². The van der Waals surface area contributed by atoms with E-state index in [0.717, 1.165) is 11.9 Å². The fourth-order valence-electron chi connectivity index (χ4n) is 3.44. The Morgan fingerprint density at radius 3 is 2.65 bits per heavy atom. The molecule has 1 amide bonds. The van der Waals surface area contributed by atoms with Crippen LogP contribution >= 0.6 is 0 Å². The number of benzene rings is 1. The van der Waals surface area contributed by atoms with Crippen molar-refractivity contribution >= 4 is 11.9 Å². The van der Waals surface area contributed by atoms with Gasteiger partial charge in [-0.15, -0.1) is 0 Å². The summed E-state index contributed by atoms with van der Waals surface area (Å²) in [6, 6.07) is 10.9. The van der Waals surface area contributed by atoms with E-state index in [0.29, 0.717) is 6.04 Å². The second-order valence-electron chi connectivity index (χ2n) is 7.51. The quantitative estimate of drug-likeness (QED) is 0.606. The minimum atomic E-state index is 0.00791. The van der Waals surface area contributed by atoms with Crippen molar-refractivity contribution in [3.8, 4) is 0 Å². The van der Waals surface area contributed by atoms with Crippen LogP contribution in [0.25, 0.3) is 0 Å². The van der Waals surface area contributed by atoms with Crippen molar-refractivity contribution in [1.82, 2.24) is 15.5 Å². The average molecular weight is 359 g/mol. The first-order chi connectivity index (χ1) is 12.5. The highest BCUT2D eigenvalue weighted by atomic mass is 16.2. The lowest BCUT2D eigenvalue weighted by Gasteiger charge is -2.31. The summed E-state index contributed by atoms with van der Waals surface area (Å²) in [7, 11) is 3.52. The summed E-state index contributed by atoms with van der Waals surface area (Å²) in [5.41, 5.74) is 1.20. The number of hydrogen-bond donors (Lipinski definition) is 2. The first-order valence-electron chi connectivity index (χ1n) is 9.82.